The van der Waals surface area contributed by atoms with Crippen molar-refractivity contribution >= 4 is 5.97 Å². The zero-order chi connectivity index (χ0) is 20.2. The number of benzene rings is 2. The Morgan fingerprint density at radius 3 is 1.59 bits per heavy atom. The summed E-state index contributed by atoms with van der Waals surface area (Å²) in [5.74, 6) is -1.31. The van der Waals surface area contributed by atoms with Crippen molar-refractivity contribution in [3.8, 4) is 0 Å². The summed E-state index contributed by atoms with van der Waals surface area (Å²) < 4.78 is 26.3. The molecule has 0 radical (unpaired) electrons. The molecule has 1 aliphatic heterocycles. The van der Waals surface area contributed by atoms with Crippen LogP contribution in [0.1, 0.15) is 24.1 Å². The van der Waals surface area contributed by atoms with Gasteiger partial charge in [-0.2, -0.15) is 0 Å². The van der Waals surface area contributed by atoms with Crippen LogP contribution in [0.2, 0.25) is 0 Å². The first-order valence-electron chi connectivity index (χ1n) is 8.57. The standard InChI is InChI=1S/C17H18F2N2.C2H4O2.CH4O/c18-15-5-1-13(2-6-15)17(21-11-9-20-10-12-21)14-3-7-16(19)8-4-14;1-2(3)4;1-2/h1-8,17,20H,9-12H2;1H3,(H,3,4);2H,1H3. The lowest BCUT2D eigenvalue weighted by molar-refractivity contribution is -0.134. The van der Waals surface area contributed by atoms with Crippen molar-refractivity contribution in [1.29, 1.82) is 0 Å². The van der Waals surface area contributed by atoms with E-state index in [0.29, 0.717) is 0 Å². The van der Waals surface area contributed by atoms with Gasteiger partial charge in [-0.15, -0.1) is 0 Å². The number of nitrogens with zero attached hydrogens (tertiary/aromatic N) is 1. The molecule has 0 amide bonds. The van der Waals surface area contributed by atoms with E-state index in [1.807, 2.05) is 24.3 Å². The second kappa shape index (κ2) is 12.1. The van der Waals surface area contributed by atoms with Crippen LogP contribution in [0.4, 0.5) is 8.78 Å². The lowest BCUT2D eigenvalue weighted by Crippen LogP contribution is -2.45. The zero-order valence-electron chi connectivity index (χ0n) is 15.5. The molecule has 0 aliphatic carbocycles. The summed E-state index contributed by atoms with van der Waals surface area (Å²) in [5, 5.41) is 17.7. The van der Waals surface area contributed by atoms with E-state index >= 15 is 0 Å². The maximum atomic E-state index is 13.2. The molecular formula is C20H26F2N2O3. The average Bonchev–Trinajstić information content (AvgIpc) is 2.67. The molecule has 0 unspecified atom stereocenters. The van der Waals surface area contributed by atoms with Crippen molar-refractivity contribution in [2.45, 2.75) is 13.0 Å². The molecule has 0 saturated carbocycles. The van der Waals surface area contributed by atoms with Crippen molar-refractivity contribution in [2.75, 3.05) is 33.3 Å². The Labute approximate surface area is 158 Å². The van der Waals surface area contributed by atoms with E-state index in [0.717, 1.165) is 51.3 Å². The smallest absolute Gasteiger partial charge is 0.300 e. The highest BCUT2D eigenvalue weighted by Crippen LogP contribution is 2.29. The normalized spacial score (nSPS) is 13.9. The van der Waals surface area contributed by atoms with E-state index in [1.165, 1.54) is 24.3 Å². The number of rotatable bonds is 3. The number of halogens is 2. The van der Waals surface area contributed by atoms with Gasteiger partial charge in [-0.3, -0.25) is 9.69 Å². The van der Waals surface area contributed by atoms with Crippen molar-refractivity contribution in [3.63, 3.8) is 0 Å². The summed E-state index contributed by atoms with van der Waals surface area (Å²) in [6, 6.07) is 13.2. The topological polar surface area (TPSA) is 72.8 Å². The van der Waals surface area contributed by atoms with Crippen molar-refractivity contribution in [2.24, 2.45) is 0 Å². The Morgan fingerprint density at radius 1 is 0.926 bits per heavy atom. The van der Waals surface area contributed by atoms with Crippen molar-refractivity contribution in [3.05, 3.63) is 71.3 Å². The molecule has 0 aromatic heterocycles. The minimum absolute atomic E-state index is 0.0355. The van der Waals surface area contributed by atoms with E-state index in [-0.39, 0.29) is 17.7 Å². The molecule has 1 saturated heterocycles. The van der Waals surface area contributed by atoms with Gasteiger partial charge >= 0.3 is 0 Å². The SMILES string of the molecule is CC(=O)O.CO.Fc1ccc(C(c2ccc(F)cc2)N2CCNCC2)cc1. The number of aliphatic carboxylic acids is 1. The van der Waals surface area contributed by atoms with Gasteiger partial charge in [0.15, 0.2) is 0 Å². The number of hydrogen-bond donors (Lipinski definition) is 3. The van der Waals surface area contributed by atoms with Crippen LogP contribution in [0.15, 0.2) is 48.5 Å². The number of aliphatic hydroxyl groups excluding tert-OH is 1. The van der Waals surface area contributed by atoms with Gasteiger partial charge in [-0.25, -0.2) is 8.78 Å². The van der Waals surface area contributed by atoms with Gasteiger partial charge in [0.25, 0.3) is 5.97 Å². The van der Waals surface area contributed by atoms with E-state index in [2.05, 4.69) is 10.2 Å². The number of aliphatic hydroxyl groups is 1. The van der Waals surface area contributed by atoms with Crippen LogP contribution in [-0.4, -0.2) is 54.4 Å². The third-order valence-corrected chi connectivity index (χ3v) is 3.89. The predicted molar refractivity (Wildman–Crippen MR) is 101 cm³/mol. The first kappa shape index (κ1) is 22.7. The Balaban J connectivity index is 0.000000541. The third kappa shape index (κ3) is 7.82. The molecule has 1 heterocycles. The Kier molecular flexibility index (Phi) is 10.2. The van der Waals surface area contributed by atoms with Crippen LogP contribution in [0.25, 0.3) is 0 Å². The fraction of sp³-hybridized carbons (Fsp3) is 0.350. The molecule has 0 spiro atoms. The summed E-state index contributed by atoms with van der Waals surface area (Å²) in [5.41, 5.74) is 2.06. The Hall–Kier alpha value is -2.35. The molecule has 0 bridgehead atoms. The van der Waals surface area contributed by atoms with Gasteiger partial charge in [0, 0.05) is 40.2 Å². The van der Waals surface area contributed by atoms with Gasteiger partial charge in [0.1, 0.15) is 11.6 Å². The molecule has 1 fully saturated rings. The highest BCUT2D eigenvalue weighted by Gasteiger charge is 2.23. The molecule has 148 valence electrons. The number of hydrogen-bond acceptors (Lipinski definition) is 4. The number of carbonyl (C=O) groups is 1. The molecule has 3 N–H and O–H groups in total. The van der Waals surface area contributed by atoms with Gasteiger partial charge in [-0.05, 0) is 35.4 Å². The third-order valence-electron chi connectivity index (χ3n) is 3.89. The van der Waals surface area contributed by atoms with Crippen LogP contribution in [-0.2, 0) is 4.79 Å². The van der Waals surface area contributed by atoms with Gasteiger partial charge < -0.3 is 15.5 Å². The predicted octanol–water partition coefficient (Wildman–Crippen LogP) is 2.66. The van der Waals surface area contributed by atoms with E-state index in [1.54, 1.807) is 0 Å². The minimum Gasteiger partial charge on any atom is -0.481 e. The highest BCUT2D eigenvalue weighted by atomic mass is 19.1. The van der Waals surface area contributed by atoms with E-state index in [9.17, 15) is 8.78 Å². The number of carboxylic acids is 1. The second-order valence-electron chi connectivity index (χ2n) is 5.81. The molecule has 2 aromatic carbocycles. The summed E-state index contributed by atoms with van der Waals surface area (Å²) in [6.07, 6.45) is 0. The monoisotopic (exact) mass is 380 g/mol. The summed E-state index contributed by atoms with van der Waals surface area (Å²) in [7, 11) is 1.00. The molecule has 1 aliphatic rings. The van der Waals surface area contributed by atoms with Crippen LogP contribution in [0.5, 0.6) is 0 Å². The van der Waals surface area contributed by atoms with Crippen LogP contribution >= 0.6 is 0 Å². The summed E-state index contributed by atoms with van der Waals surface area (Å²) in [6.45, 7) is 4.77. The molecular weight excluding hydrogens is 354 g/mol. The molecule has 2 aromatic rings. The minimum atomic E-state index is -0.833. The number of nitrogens with one attached hydrogen (secondary N) is 1. The maximum absolute atomic E-state index is 13.2. The Bertz CT molecular complexity index is 623. The molecule has 3 rings (SSSR count). The lowest BCUT2D eigenvalue weighted by Gasteiger charge is -2.35. The Morgan fingerprint density at radius 2 is 1.26 bits per heavy atom. The molecule has 5 nitrogen and oxygen atoms in total. The fourth-order valence-corrected chi connectivity index (χ4v) is 2.84. The first-order chi connectivity index (χ1) is 13.0. The molecule has 27 heavy (non-hydrogen) atoms. The number of piperazine rings is 1. The van der Waals surface area contributed by atoms with E-state index < -0.39 is 5.97 Å². The van der Waals surface area contributed by atoms with Crippen LogP contribution in [0, 0.1) is 11.6 Å². The average molecular weight is 380 g/mol. The molecule has 0 atom stereocenters. The first-order valence-corrected chi connectivity index (χ1v) is 8.57. The van der Waals surface area contributed by atoms with Gasteiger partial charge in [0.05, 0.1) is 6.04 Å². The van der Waals surface area contributed by atoms with E-state index in [4.69, 9.17) is 15.0 Å². The second-order valence-corrected chi connectivity index (χ2v) is 5.81. The summed E-state index contributed by atoms with van der Waals surface area (Å²) in [4.78, 5) is 11.3. The summed E-state index contributed by atoms with van der Waals surface area (Å²) >= 11 is 0. The zero-order valence-corrected chi connectivity index (χ0v) is 15.5. The highest BCUT2D eigenvalue weighted by molar-refractivity contribution is 5.62. The fourth-order valence-electron chi connectivity index (χ4n) is 2.84. The lowest BCUT2D eigenvalue weighted by atomic mass is 9.96. The van der Waals surface area contributed by atoms with Crippen molar-refractivity contribution in [1.82, 2.24) is 10.2 Å². The number of carboxylic acid groups (broad SMARTS) is 1. The van der Waals surface area contributed by atoms with Gasteiger partial charge in [-0.1, -0.05) is 24.3 Å². The molecule has 7 heteroatoms. The van der Waals surface area contributed by atoms with Gasteiger partial charge in [0.2, 0.25) is 0 Å². The van der Waals surface area contributed by atoms with Crippen LogP contribution < -0.4 is 5.32 Å². The quantitative estimate of drug-likeness (QED) is 0.764. The van der Waals surface area contributed by atoms with Crippen molar-refractivity contribution < 1.29 is 23.8 Å². The van der Waals surface area contributed by atoms with Crippen LogP contribution in [0.3, 0.4) is 0 Å². The maximum Gasteiger partial charge on any atom is 0.300 e. The largest absolute Gasteiger partial charge is 0.481 e.